The topological polar surface area (TPSA) is 51.0 Å². The molecule has 2 rings (SSSR count). The van der Waals surface area contributed by atoms with Crippen LogP contribution in [0.5, 0.6) is 11.5 Å². The van der Waals surface area contributed by atoms with Crippen LogP contribution in [-0.4, -0.2) is 18.5 Å². The molecule has 0 spiro atoms. The lowest BCUT2D eigenvalue weighted by atomic mass is 10.2. The summed E-state index contributed by atoms with van der Waals surface area (Å²) in [4.78, 5) is 0. The summed E-state index contributed by atoms with van der Waals surface area (Å²) in [5.41, 5.74) is 0.666. The van der Waals surface area contributed by atoms with Crippen molar-refractivity contribution in [1.29, 1.82) is 0 Å². The van der Waals surface area contributed by atoms with Crippen molar-refractivity contribution >= 4 is 6.21 Å². The Bertz CT molecular complexity index is 642. The van der Waals surface area contributed by atoms with Crippen LogP contribution in [0.15, 0.2) is 41.6 Å². The number of benzene rings is 2. The minimum Gasteiger partial charge on any atom is -0.497 e. The van der Waals surface area contributed by atoms with Crippen LogP contribution in [0.25, 0.3) is 0 Å². The number of hydrogen-bond donors (Lipinski definition) is 1. The van der Waals surface area contributed by atoms with Crippen LogP contribution in [0, 0.1) is 11.6 Å². The quantitative estimate of drug-likeness (QED) is 0.522. The van der Waals surface area contributed by atoms with Crippen LogP contribution in [0.4, 0.5) is 8.78 Å². The highest BCUT2D eigenvalue weighted by Crippen LogP contribution is 2.25. The summed E-state index contributed by atoms with van der Waals surface area (Å²) in [5, 5.41) is 11.1. The van der Waals surface area contributed by atoms with E-state index in [1.165, 1.54) is 0 Å². The fraction of sp³-hybridized carbons (Fsp3) is 0.133. The largest absolute Gasteiger partial charge is 0.497 e. The Hall–Kier alpha value is -2.63. The minimum absolute atomic E-state index is 0.00243. The molecule has 0 unspecified atom stereocenters. The average molecular weight is 293 g/mol. The van der Waals surface area contributed by atoms with E-state index in [4.69, 9.17) is 14.7 Å². The van der Waals surface area contributed by atoms with E-state index in [0.29, 0.717) is 5.75 Å². The number of rotatable bonds is 5. The smallest absolute Gasteiger partial charge is 0.191 e. The third kappa shape index (κ3) is 3.47. The number of nitrogens with zero attached hydrogens (tertiary/aromatic N) is 1. The second-order valence-electron chi connectivity index (χ2n) is 4.16. The molecule has 0 radical (unpaired) electrons. The Kier molecular flexibility index (Phi) is 4.71. The molecule has 21 heavy (non-hydrogen) atoms. The predicted octanol–water partition coefficient (Wildman–Crippen LogP) is 3.36. The zero-order valence-electron chi connectivity index (χ0n) is 11.2. The highest BCUT2D eigenvalue weighted by Gasteiger charge is 2.14. The highest BCUT2D eigenvalue weighted by atomic mass is 19.1. The van der Waals surface area contributed by atoms with Crippen LogP contribution in [0.3, 0.4) is 0 Å². The molecule has 0 heterocycles. The molecule has 110 valence electrons. The molecule has 2 aromatic carbocycles. The Morgan fingerprint density at radius 2 is 1.86 bits per heavy atom. The fourth-order valence-electron chi connectivity index (χ4n) is 1.72. The van der Waals surface area contributed by atoms with Gasteiger partial charge >= 0.3 is 0 Å². The van der Waals surface area contributed by atoms with Crippen LogP contribution in [-0.2, 0) is 6.61 Å². The van der Waals surface area contributed by atoms with Crippen molar-refractivity contribution < 1.29 is 23.5 Å². The first-order valence-electron chi connectivity index (χ1n) is 6.07. The van der Waals surface area contributed by atoms with Gasteiger partial charge in [-0.3, -0.25) is 0 Å². The third-order valence-corrected chi connectivity index (χ3v) is 2.82. The van der Waals surface area contributed by atoms with Gasteiger partial charge in [0.15, 0.2) is 17.4 Å². The van der Waals surface area contributed by atoms with Crippen molar-refractivity contribution in [2.45, 2.75) is 6.61 Å². The summed E-state index contributed by atoms with van der Waals surface area (Å²) in [6, 6.07) is 9.11. The van der Waals surface area contributed by atoms with Gasteiger partial charge in [-0.05, 0) is 29.8 Å². The van der Waals surface area contributed by atoms with Gasteiger partial charge in [0.25, 0.3) is 0 Å². The van der Waals surface area contributed by atoms with Gasteiger partial charge in [-0.25, -0.2) is 8.78 Å². The van der Waals surface area contributed by atoms with Crippen LogP contribution >= 0.6 is 0 Å². The fourth-order valence-corrected chi connectivity index (χ4v) is 1.72. The first-order valence-corrected chi connectivity index (χ1v) is 6.07. The second-order valence-corrected chi connectivity index (χ2v) is 4.16. The van der Waals surface area contributed by atoms with Gasteiger partial charge in [-0.2, -0.15) is 0 Å². The molecular weight excluding hydrogens is 280 g/mol. The first-order chi connectivity index (χ1) is 10.2. The zero-order valence-corrected chi connectivity index (χ0v) is 11.2. The molecule has 0 aliphatic rings. The average Bonchev–Trinajstić information content (AvgIpc) is 2.51. The SMILES string of the molecule is COc1ccc(COc2c(F)ccc(/C=N/O)c2F)cc1. The Morgan fingerprint density at radius 3 is 2.48 bits per heavy atom. The molecule has 0 bridgehead atoms. The number of ether oxygens (including phenoxy) is 2. The second kappa shape index (κ2) is 6.69. The molecule has 0 aromatic heterocycles. The maximum atomic E-state index is 14.0. The van der Waals surface area contributed by atoms with Gasteiger partial charge in [-0.1, -0.05) is 17.3 Å². The zero-order chi connectivity index (χ0) is 15.2. The molecule has 2 aromatic rings. The normalized spacial score (nSPS) is 10.8. The first kappa shape index (κ1) is 14.8. The van der Waals surface area contributed by atoms with Crippen molar-refractivity contribution in [3.63, 3.8) is 0 Å². The molecule has 6 heteroatoms. The van der Waals surface area contributed by atoms with Crippen LogP contribution in [0.1, 0.15) is 11.1 Å². The van der Waals surface area contributed by atoms with Crippen LogP contribution in [0.2, 0.25) is 0 Å². The molecule has 0 amide bonds. The molecule has 1 N–H and O–H groups in total. The van der Waals surface area contributed by atoms with Crippen molar-refractivity contribution in [2.24, 2.45) is 5.16 Å². The van der Waals surface area contributed by atoms with E-state index in [1.54, 1.807) is 31.4 Å². The van der Waals surface area contributed by atoms with Gasteiger partial charge in [0.1, 0.15) is 12.4 Å². The maximum Gasteiger partial charge on any atom is 0.191 e. The summed E-state index contributed by atoms with van der Waals surface area (Å²) >= 11 is 0. The lowest BCUT2D eigenvalue weighted by Gasteiger charge is -2.10. The number of oxime groups is 1. The van der Waals surface area contributed by atoms with Crippen molar-refractivity contribution in [2.75, 3.05) is 7.11 Å². The van der Waals surface area contributed by atoms with E-state index < -0.39 is 17.4 Å². The van der Waals surface area contributed by atoms with E-state index in [2.05, 4.69) is 5.16 Å². The molecule has 4 nitrogen and oxygen atoms in total. The number of halogens is 2. The minimum atomic E-state index is -0.915. The molecule has 0 atom stereocenters. The Balaban J connectivity index is 2.17. The van der Waals surface area contributed by atoms with Crippen molar-refractivity contribution in [1.82, 2.24) is 0 Å². The van der Waals surface area contributed by atoms with E-state index in [9.17, 15) is 8.78 Å². The standard InChI is InChI=1S/C15H13F2NO3/c1-20-12-5-2-10(3-6-12)9-21-15-13(16)7-4-11(8-18-19)14(15)17/h2-8,19H,9H2,1H3/b18-8+. The van der Waals surface area contributed by atoms with Gasteiger partial charge < -0.3 is 14.7 Å². The maximum absolute atomic E-state index is 14.0. The highest BCUT2D eigenvalue weighted by molar-refractivity contribution is 5.80. The molecule has 0 saturated heterocycles. The van der Waals surface area contributed by atoms with Crippen molar-refractivity contribution in [3.05, 3.63) is 59.2 Å². The summed E-state index contributed by atoms with van der Waals surface area (Å²) < 4.78 is 37.7. The number of methoxy groups -OCH3 is 1. The summed E-state index contributed by atoms with van der Waals surface area (Å²) in [6.07, 6.45) is 0.870. The van der Waals surface area contributed by atoms with Gasteiger partial charge in [0.2, 0.25) is 0 Å². The third-order valence-electron chi connectivity index (χ3n) is 2.82. The predicted molar refractivity (Wildman–Crippen MR) is 73.1 cm³/mol. The molecule has 0 aliphatic heterocycles. The molecule has 0 fully saturated rings. The Morgan fingerprint density at radius 1 is 1.14 bits per heavy atom. The molecule has 0 aliphatic carbocycles. The Labute approximate surface area is 120 Å². The molecular formula is C15H13F2NO3. The summed E-state index contributed by atoms with van der Waals surface area (Å²) in [6.45, 7) is -0.00243. The monoisotopic (exact) mass is 293 g/mol. The van der Waals surface area contributed by atoms with E-state index in [1.807, 2.05) is 0 Å². The van der Waals surface area contributed by atoms with Crippen LogP contribution < -0.4 is 9.47 Å². The molecule has 0 saturated carbocycles. The van der Waals surface area contributed by atoms with Gasteiger partial charge in [-0.15, -0.1) is 0 Å². The van der Waals surface area contributed by atoms with Crippen molar-refractivity contribution in [3.8, 4) is 11.5 Å². The summed E-state index contributed by atoms with van der Waals surface area (Å²) in [7, 11) is 1.55. The van der Waals surface area contributed by atoms with Gasteiger partial charge in [0.05, 0.1) is 13.3 Å². The van der Waals surface area contributed by atoms with Gasteiger partial charge in [0, 0.05) is 5.56 Å². The van der Waals surface area contributed by atoms with E-state index in [-0.39, 0.29) is 12.2 Å². The summed E-state index contributed by atoms with van der Waals surface area (Å²) in [5.74, 6) is -1.57. The van der Waals surface area contributed by atoms with E-state index >= 15 is 0 Å². The number of hydrogen-bond acceptors (Lipinski definition) is 4. The van der Waals surface area contributed by atoms with E-state index in [0.717, 1.165) is 23.9 Å². The lowest BCUT2D eigenvalue weighted by Crippen LogP contribution is -2.02. The lowest BCUT2D eigenvalue weighted by molar-refractivity contribution is 0.273.